The third-order valence-corrected chi connectivity index (χ3v) is 5.85. The van der Waals surface area contributed by atoms with Crippen molar-refractivity contribution in [2.24, 2.45) is 0 Å². The summed E-state index contributed by atoms with van der Waals surface area (Å²) in [5.41, 5.74) is 2.95. The lowest BCUT2D eigenvalue weighted by atomic mass is 9.86. The minimum atomic E-state index is -0.922. The second-order valence-electron chi connectivity index (χ2n) is 7.58. The van der Waals surface area contributed by atoms with Gasteiger partial charge in [0.1, 0.15) is 17.6 Å². The molecule has 0 saturated heterocycles. The van der Waals surface area contributed by atoms with Crippen LogP contribution in [-0.2, 0) is 0 Å². The van der Waals surface area contributed by atoms with E-state index >= 15 is 0 Å². The van der Waals surface area contributed by atoms with Crippen LogP contribution in [0, 0.1) is 0 Å². The lowest BCUT2D eigenvalue weighted by Crippen LogP contribution is -2.05. The van der Waals surface area contributed by atoms with E-state index < -0.39 is 6.10 Å². The molecule has 0 aliphatic carbocycles. The highest BCUT2D eigenvalue weighted by molar-refractivity contribution is 6.08. The Bertz CT molecular complexity index is 1400. The molecule has 0 spiro atoms. The van der Waals surface area contributed by atoms with Crippen LogP contribution in [0.15, 0.2) is 97.1 Å². The standard InChI is InChI=1S/C28H22O3/c1-31-25-13-7-6-12-22(25)28(30)23-16-14-18-8-2-4-10-20(18)26(23)27-21-11-5-3-9-19(21)15-17-24(27)29/h2-17,28-30H,1H3/t28-/m1/s1. The molecule has 5 rings (SSSR count). The van der Waals surface area contributed by atoms with Crippen LogP contribution in [-0.4, -0.2) is 17.3 Å². The second-order valence-corrected chi connectivity index (χ2v) is 7.58. The van der Waals surface area contributed by atoms with Crippen molar-refractivity contribution in [2.45, 2.75) is 6.10 Å². The number of rotatable bonds is 4. The van der Waals surface area contributed by atoms with E-state index in [-0.39, 0.29) is 5.75 Å². The predicted octanol–water partition coefficient (Wildman–Crippen LogP) is 6.46. The summed E-state index contributed by atoms with van der Waals surface area (Å²) in [6.07, 6.45) is -0.922. The van der Waals surface area contributed by atoms with Crippen LogP contribution in [0.1, 0.15) is 17.2 Å². The fourth-order valence-electron chi connectivity index (χ4n) is 4.38. The number of para-hydroxylation sites is 1. The van der Waals surface area contributed by atoms with Gasteiger partial charge in [0.25, 0.3) is 0 Å². The van der Waals surface area contributed by atoms with Crippen molar-refractivity contribution in [3.8, 4) is 22.6 Å². The number of hydrogen-bond donors (Lipinski definition) is 2. The van der Waals surface area contributed by atoms with Crippen LogP contribution in [0.3, 0.4) is 0 Å². The number of ether oxygens (including phenoxy) is 1. The van der Waals surface area contributed by atoms with Crippen molar-refractivity contribution in [2.75, 3.05) is 7.11 Å². The lowest BCUT2D eigenvalue weighted by molar-refractivity contribution is 0.215. The van der Waals surface area contributed by atoms with Gasteiger partial charge in [-0.2, -0.15) is 0 Å². The molecule has 2 N–H and O–H groups in total. The Hall–Kier alpha value is -3.82. The second kappa shape index (κ2) is 7.78. The quantitative estimate of drug-likeness (QED) is 0.360. The molecule has 0 aliphatic rings. The van der Waals surface area contributed by atoms with Crippen molar-refractivity contribution < 1.29 is 14.9 Å². The van der Waals surface area contributed by atoms with Gasteiger partial charge in [-0.15, -0.1) is 0 Å². The third kappa shape index (κ3) is 3.20. The van der Waals surface area contributed by atoms with Gasteiger partial charge < -0.3 is 14.9 Å². The molecule has 0 radical (unpaired) electrons. The summed E-state index contributed by atoms with van der Waals surface area (Å²) in [7, 11) is 1.60. The van der Waals surface area contributed by atoms with Crippen molar-refractivity contribution in [1.82, 2.24) is 0 Å². The molecule has 0 aromatic heterocycles. The largest absolute Gasteiger partial charge is 0.507 e. The van der Waals surface area contributed by atoms with Crippen molar-refractivity contribution >= 4 is 21.5 Å². The maximum atomic E-state index is 11.5. The number of aromatic hydroxyl groups is 1. The minimum Gasteiger partial charge on any atom is -0.507 e. The highest BCUT2D eigenvalue weighted by atomic mass is 16.5. The van der Waals surface area contributed by atoms with E-state index in [9.17, 15) is 10.2 Å². The van der Waals surface area contributed by atoms with Gasteiger partial charge in [0.05, 0.1) is 7.11 Å². The maximum absolute atomic E-state index is 11.5. The summed E-state index contributed by atoms with van der Waals surface area (Å²) in [5, 5.41) is 26.5. The molecular formula is C28H22O3. The molecule has 0 unspecified atom stereocenters. The molecule has 5 aromatic carbocycles. The average molecular weight is 406 g/mol. The van der Waals surface area contributed by atoms with Crippen LogP contribution < -0.4 is 4.74 Å². The average Bonchev–Trinajstić information content (AvgIpc) is 2.83. The first-order valence-corrected chi connectivity index (χ1v) is 10.2. The molecule has 3 heteroatoms. The van der Waals surface area contributed by atoms with Gasteiger partial charge in [0, 0.05) is 11.1 Å². The highest BCUT2D eigenvalue weighted by Gasteiger charge is 2.23. The number of aliphatic hydroxyl groups excluding tert-OH is 1. The van der Waals surface area contributed by atoms with Crippen LogP contribution in [0.4, 0.5) is 0 Å². The van der Waals surface area contributed by atoms with Gasteiger partial charge in [-0.1, -0.05) is 84.9 Å². The van der Waals surface area contributed by atoms with E-state index in [1.807, 2.05) is 91.0 Å². The molecule has 3 nitrogen and oxygen atoms in total. The number of hydrogen-bond acceptors (Lipinski definition) is 3. The molecule has 0 bridgehead atoms. The molecule has 0 aliphatic heterocycles. The summed E-state index contributed by atoms with van der Waals surface area (Å²) < 4.78 is 5.51. The summed E-state index contributed by atoms with van der Waals surface area (Å²) in [6, 6.07) is 31.1. The number of aliphatic hydroxyl groups is 1. The topological polar surface area (TPSA) is 49.7 Å². The molecule has 0 amide bonds. The first-order chi connectivity index (χ1) is 15.2. The van der Waals surface area contributed by atoms with Gasteiger partial charge in [-0.3, -0.25) is 0 Å². The first kappa shape index (κ1) is 19.2. The van der Waals surface area contributed by atoms with E-state index in [1.54, 1.807) is 13.2 Å². The molecule has 31 heavy (non-hydrogen) atoms. The predicted molar refractivity (Wildman–Crippen MR) is 126 cm³/mol. The van der Waals surface area contributed by atoms with E-state index in [1.165, 1.54) is 0 Å². The molecule has 0 fully saturated rings. The minimum absolute atomic E-state index is 0.184. The summed E-state index contributed by atoms with van der Waals surface area (Å²) in [5.74, 6) is 0.805. The lowest BCUT2D eigenvalue weighted by Gasteiger charge is -2.21. The Kier molecular flexibility index (Phi) is 4.81. The van der Waals surface area contributed by atoms with Crippen LogP contribution in [0.2, 0.25) is 0 Å². The van der Waals surface area contributed by atoms with Crippen molar-refractivity contribution in [1.29, 1.82) is 0 Å². The zero-order valence-corrected chi connectivity index (χ0v) is 17.1. The molecule has 152 valence electrons. The van der Waals surface area contributed by atoms with Crippen molar-refractivity contribution in [3.63, 3.8) is 0 Å². The van der Waals surface area contributed by atoms with E-state index in [2.05, 4.69) is 0 Å². The smallest absolute Gasteiger partial charge is 0.125 e. The zero-order chi connectivity index (χ0) is 21.4. The zero-order valence-electron chi connectivity index (χ0n) is 17.1. The normalized spacial score (nSPS) is 12.2. The van der Waals surface area contributed by atoms with E-state index in [0.29, 0.717) is 11.3 Å². The molecule has 0 heterocycles. The Morgan fingerprint density at radius 2 is 1.19 bits per heavy atom. The summed E-state index contributed by atoms with van der Waals surface area (Å²) in [6.45, 7) is 0. The fraction of sp³-hybridized carbons (Fsp3) is 0.0714. The van der Waals surface area contributed by atoms with Gasteiger partial charge in [-0.05, 0) is 44.8 Å². The maximum Gasteiger partial charge on any atom is 0.125 e. The number of phenols is 1. The molecule has 0 saturated carbocycles. The highest BCUT2D eigenvalue weighted by Crippen LogP contribution is 2.45. The number of fused-ring (bicyclic) bond motifs is 2. The Morgan fingerprint density at radius 3 is 1.90 bits per heavy atom. The van der Waals surface area contributed by atoms with Crippen LogP contribution in [0.5, 0.6) is 11.5 Å². The van der Waals surface area contributed by atoms with E-state index in [4.69, 9.17) is 4.74 Å². The number of benzene rings is 5. The van der Waals surface area contributed by atoms with Crippen LogP contribution in [0.25, 0.3) is 32.7 Å². The van der Waals surface area contributed by atoms with Gasteiger partial charge in [0.15, 0.2) is 0 Å². The Morgan fingerprint density at radius 1 is 0.613 bits per heavy atom. The van der Waals surface area contributed by atoms with E-state index in [0.717, 1.165) is 38.2 Å². The fourth-order valence-corrected chi connectivity index (χ4v) is 4.38. The first-order valence-electron chi connectivity index (χ1n) is 10.2. The number of phenolic OH excluding ortho intramolecular Hbond substituents is 1. The molecule has 5 aromatic rings. The van der Waals surface area contributed by atoms with Crippen LogP contribution >= 0.6 is 0 Å². The molecule has 1 atom stereocenters. The summed E-state index contributed by atoms with van der Waals surface area (Å²) in [4.78, 5) is 0. The Balaban J connectivity index is 1.88. The van der Waals surface area contributed by atoms with Gasteiger partial charge >= 0.3 is 0 Å². The Labute approximate surface area is 180 Å². The third-order valence-electron chi connectivity index (χ3n) is 5.85. The summed E-state index contributed by atoms with van der Waals surface area (Å²) >= 11 is 0. The van der Waals surface area contributed by atoms with Gasteiger partial charge in [0.2, 0.25) is 0 Å². The monoisotopic (exact) mass is 406 g/mol. The number of methoxy groups -OCH3 is 1. The SMILES string of the molecule is COc1ccccc1[C@@H](O)c1ccc2ccccc2c1-c1c(O)ccc2ccccc12. The van der Waals surface area contributed by atoms with Gasteiger partial charge in [-0.25, -0.2) is 0 Å². The van der Waals surface area contributed by atoms with Crippen molar-refractivity contribution in [3.05, 3.63) is 108 Å². The molecular weight excluding hydrogens is 384 g/mol.